The summed E-state index contributed by atoms with van der Waals surface area (Å²) < 4.78 is 0. The lowest BCUT2D eigenvalue weighted by atomic mass is 10.3. The average Bonchev–Trinajstić information content (AvgIpc) is 2.55. The van der Waals surface area contributed by atoms with Gasteiger partial charge in [-0.15, -0.1) is 0 Å². The Morgan fingerprint density at radius 1 is 1.09 bits per heavy atom. The van der Waals surface area contributed by atoms with E-state index < -0.39 is 0 Å². The van der Waals surface area contributed by atoms with E-state index in [1.54, 1.807) is 30.6 Å². The highest BCUT2D eigenvalue weighted by molar-refractivity contribution is 6.42. The summed E-state index contributed by atoms with van der Waals surface area (Å²) in [5, 5.41) is 2.44. The third-order valence-corrected chi connectivity index (χ3v) is 3.66. The van der Waals surface area contributed by atoms with E-state index in [4.69, 9.17) is 28.0 Å². The van der Waals surface area contributed by atoms with Crippen LogP contribution in [0.4, 0.5) is 11.6 Å². The van der Waals surface area contributed by atoms with Crippen molar-refractivity contribution in [3.8, 4) is 0 Å². The van der Waals surface area contributed by atoms with Crippen molar-refractivity contribution in [3.05, 3.63) is 52.8 Å². The van der Waals surface area contributed by atoms with Crippen molar-refractivity contribution in [1.82, 2.24) is 15.0 Å². The summed E-state index contributed by atoms with van der Waals surface area (Å²) in [4.78, 5) is 18.6. The van der Waals surface area contributed by atoms with Gasteiger partial charge in [0.15, 0.2) is 0 Å². The van der Waals surface area contributed by atoms with Crippen molar-refractivity contribution in [2.45, 2.75) is 6.92 Å². The monoisotopic (exact) mass is 334 g/mol. The second kappa shape index (κ2) is 6.44. The van der Waals surface area contributed by atoms with E-state index in [1.807, 2.05) is 19.1 Å². The molecule has 0 aliphatic heterocycles. The minimum atomic E-state index is 0.403. The zero-order chi connectivity index (χ0) is 15.5. The summed E-state index contributed by atoms with van der Waals surface area (Å²) in [5.41, 5.74) is 2.15. The Hall–Kier alpha value is -1.95. The van der Waals surface area contributed by atoms with Crippen LogP contribution in [-0.4, -0.2) is 21.6 Å². The molecule has 7 heteroatoms. The number of anilines is 2. The molecule has 0 atom stereocenters. The molecule has 0 aliphatic rings. The summed E-state index contributed by atoms with van der Waals surface area (Å²) in [5.74, 6) is 0.403. The minimum Gasteiger partial charge on any atom is -0.266 e. The van der Waals surface area contributed by atoms with Crippen LogP contribution in [0.5, 0.6) is 0 Å². The third kappa shape index (κ3) is 2.97. The molecule has 2 heterocycles. The van der Waals surface area contributed by atoms with Crippen LogP contribution in [0.3, 0.4) is 0 Å². The standard InChI is InChI=1S/C15H12Cl2N4O/c1-2-22-21(10-5-6-11(16)12(17)8-10)15-19-9-14-13(20-15)4-3-7-18-14/h3-9H,2H2,1H3. The number of rotatable bonds is 4. The van der Waals surface area contributed by atoms with Crippen LogP contribution < -0.4 is 5.06 Å². The predicted molar refractivity (Wildman–Crippen MR) is 87.6 cm³/mol. The fraction of sp³-hybridized carbons (Fsp3) is 0.133. The minimum absolute atomic E-state index is 0.403. The first kappa shape index (κ1) is 15.0. The van der Waals surface area contributed by atoms with E-state index in [-0.39, 0.29) is 0 Å². The van der Waals surface area contributed by atoms with Gasteiger partial charge in [0.2, 0.25) is 0 Å². The lowest BCUT2D eigenvalue weighted by molar-refractivity contribution is 0.146. The second-order valence-electron chi connectivity index (χ2n) is 4.39. The summed E-state index contributed by atoms with van der Waals surface area (Å²) >= 11 is 12.0. The Labute approximate surface area is 137 Å². The van der Waals surface area contributed by atoms with Crippen LogP contribution in [-0.2, 0) is 4.84 Å². The van der Waals surface area contributed by atoms with Crippen molar-refractivity contribution in [2.75, 3.05) is 11.7 Å². The number of benzene rings is 1. The van der Waals surface area contributed by atoms with E-state index >= 15 is 0 Å². The summed E-state index contributed by atoms with van der Waals surface area (Å²) in [6, 6.07) is 8.89. The first-order valence-electron chi connectivity index (χ1n) is 6.65. The van der Waals surface area contributed by atoms with Gasteiger partial charge in [-0.3, -0.25) is 9.82 Å². The third-order valence-electron chi connectivity index (χ3n) is 2.92. The van der Waals surface area contributed by atoms with Crippen molar-refractivity contribution in [3.63, 3.8) is 0 Å². The number of pyridine rings is 1. The topological polar surface area (TPSA) is 51.1 Å². The van der Waals surface area contributed by atoms with Crippen molar-refractivity contribution < 1.29 is 4.84 Å². The average molecular weight is 335 g/mol. The van der Waals surface area contributed by atoms with Crippen LogP contribution in [0.1, 0.15) is 6.92 Å². The number of fused-ring (bicyclic) bond motifs is 1. The van der Waals surface area contributed by atoms with Gasteiger partial charge in [-0.05, 0) is 37.3 Å². The number of halogens is 2. The molecule has 0 N–H and O–H groups in total. The maximum atomic E-state index is 6.08. The highest BCUT2D eigenvalue weighted by Crippen LogP contribution is 2.30. The van der Waals surface area contributed by atoms with Crippen molar-refractivity contribution in [2.24, 2.45) is 0 Å². The number of hydrogen-bond acceptors (Lipinski definition) is 5. The molecule has 5 nitrogen and oxygen atoms in total. The van der Waals surface area contributed by atoms with Crippen LogP contribution in [0.2, 0.25) is 10.0 Å². The molecule has 0 amide bonds. The Bertz CT molecular complexity index is 812. The predicted octanol–water partition coefficient (Wildman–Crippen LogP) is 4.42. The fourth-order valence-corrected chi connectivity index (χ4v) is 2.24. The smallest absolute Gasteiger partial charge is 0.255 e. The second-order valence-corrected chi connectivity index (χ2v) is 5.20. The van der Waals surface area contributed by atoms with Gasteiger partial charge in [-0.1, -0.05) is 23.2 Å². The van der Waals surface area contributed by atoms with Crippen LogP contribution in [0.25, 0.3) is 11.0 Å². The molecule has 3 aromatic rings. The van der Waals surface area contributed by atoms with Gasteiger partial charge in [0.1, 0.15) is 5.52 Å². The van der Waals surface area contributed by atoms with Crippen molar-refractivity contribution >= 4 is 45.9 Å². The van der Waals surface area contributed by atoms with E-state index in [0.717, 1.165) is 11.0 Å². The van der Waals surface area contributed by atoms with Gasteiger partial charge >= 0.3 is 0 Å². The van der Waals surface area contributed by atoms with Gasteiger partial charge in [-0.25, -0.2) is 9.97 Å². The largest absolute Gasteiger partial charge is 0.266 e. The molecule has 2 aromatic heterocycles. The number of hydrogen-bond donors (Lipinski definition) is 0. The first-order valence-corrected chi connectivity index (χ1v) is 7.40. The van der Waals surface area contributed by atoms with Crippen LogP contribution in [0.15, 0.2) is 42.7 Å². The van der Waals surface area contributed by atoms with Gasteiger partial charge in [0.25, 0.3) is 5.95 Å². The highest BCUT2D eigenvalue weighted by atomic mass is 35.5. The Kier molecular flexibility index (Phi) is 4.38. The molecule has 22 heavy (non-hydrogen) atoms. The Balaban J connectivity index is 2.06. The van der Waals surface area contributed by atoms with E-state index in [1.165, 1.54) is 5.06 Å². The molecule has 0 saturated carbocycles. The van der Waals surface area contributed by atoms with E-state index in [0.29, 0.717) is 28.3 Å². The molecule has 0 bridgehead atoms. The lowest BCUT2D eigenvalue weighted by Gasteiger charge is -2.21. The highest BCUT2D eigenvalue weighted by Gasteiger charge is 2.15. The molecule has 0 unspecified atom stereocenters. The zero-order valence-corrected chi connectivity index (χ0v) is 13.2. The quantitative estimate of drug-likeness (QED) is 0.661. The molecular weight excluding hydrogens is 323 g/mol. The molecule has 1 aromatic carbocycles. The molecule has 0 fully saturated rings. The summed E-state index contributed by atoms with van der Waals surface area (Å²) in [7, 11) is 0. The first-order chi connectivity index (χ1) is 10.7. The lowest BCUT2D eigenvalue weighted by Crippen LogP contribution is -2.20. The SMILES string of the molecule is CCON(c1ccc(Cl)c(Cl)c1)c1ncc2ncccc2n1. The number of nitrogens with zero attached hydrogens (tertiary/aromatic N) is 4. The van der Waals surface area contributed by atoms with Crippen LogP contribution in [0, 0.1) is 0 Å². The van der Waals surface area contributed by atoms with Gasteiger partial charge in [-0.2, -0.15) is 5.06 Å². The fourth-order valence-electron chi connectivity index (χ4n) is 1.94. The Morgan fingerprint density at radius 2 is 1.95 bits per heavy atom. The van der Waals surface area contributed by atoms with E-state index in [2.05, 4.69) is 15.0 Å². The van der Waals surface area contributed by atoms with E-state index in [9.17, 15) is 0 Å². The van der Waals surface area contributed by atoms with Crippen molar-refractivity contribution in [1.29, 1.82) is 0 Å². The molecule has 3 rings (SSSR count). The summed E-state index contributed by atoms with van der Waals surface area (Å²) in [6.07, 6.45) is 3.35. The molecule has 0 radical (unpaired) electrons. The van der Waals surface area contributed by atoms with Gasteiger partial charge in [0, 0.05) is 6.20 Å². The molecular formula is C15H12Cl2N4O. The zero-order valence-electron chi connectivity index (χ0n) is 11.7. The molecule has 0 aliphatic carbocycles. The molecule has 0 saturated heterocycles. The number of aromatic nitrogens is 3. The molecule has 112 valence electrons. The Morgan fingerprint density at radius 3 is 2.73 bits per heavy atom. The maximum absolute atomic E-state index is 6.08. The summed E-state index contributed by atoms with van der Waals surface area (Å²) in [6.45, 7) is 2.34. The molecule has 0 spiro atoms. The maximum Gasteiger partial charge on any atom is 0.255 e. The van der Waals surface area contributed by atoms with Crippen LogP contribution >= 0.6 is 23.2 Å². The van der Waals surface area contributed by atoms with Gasteiger partial charge in [0.05, 0.1) is 34.1 Å². The van der Waals surface area contributed by atoms with Gasteiger partial charge < -0.3 is 0 Å². The normalized spacial score (nSPS) is 10.9.